The highest BCUT2D eigenvalue weighted by molar-refractivity contribution is 7.99. The zero-order chi connectivity index (χ0) is 25.9. The third-order valence-corrected chi connectivity index (χ3v) is 7.13. The Kier molecular flexibility index (Phi) is 10.5. The van der Waals surface area contributed by atoms with E-state index in [9.17, 15) is 14.4 Å². The normalized spacial score (nSPS) is 13.3. The first-order chi connectivity index (χ1) is 17.3. The number of rotatable bonds is 10. The van der Waals surface area contributed by atoms with Gasteiger partial charge in [0.2, 0.25) is 11.8 Å². The second-order valence-corrected chi connectivity index (χ2v) is 9.95. The molecule has 8 nitrogen and oxygen atoms in total. The van der Waals surface area contributed by atoms with Gasteiger partial charge in [-0.15, -0.1) is 0 Å². The molecule has 2 N–H and O–H groups in total. The lowest BCUT2D eigenvalue weighted by Crippen LogP contribution is -2.49. The minimum absolute atomic E-state index is 0.137. The van der Waals surface area contributed by atoms with E-state index in [4.69, 9.17) is 4.74 Å². The van der Waals surface area contributed by atoms with Crippen LogP contribution in [-0.2, 0) is 14.3 Å². The number of carbonyl (C=O) groups excluding carboxylic acids is 3. The smallest absolute Gasteiger partial charge is 0.409 e. The average molecular weight is 513 g/mol. The third-order valence-electron chi connectivity index (χ3n) is 5.89. The summed E-state index contributed by atoms with van der Waals surface area (Å²) in [5, 5.41) is 5.34. The summed E-state index contributed by atoms with van der Waals surface area (Å²) in [5.41, 5.74) is 3.72. The summed E-state index contributed by atoms with van der Waals surface area (Å²) < 4.78 is 5.40. The van der Waals surface area contributed by atoms with Gasteiger partial charge in [-0.2, -0.15) is 0 Å². The number of nitrogens with zero attached hydrogens (tertiary/aromatic N) is 2. The molecule has 1 fully saturated rings. The van der Waals surface area contributed by atoms with Crippen molar-refractivity contribution < 1.29 is 19.1 Å². The standard InChI is InChI=1S/C27H36N4O4S/c1-20-9-10-24(21(2)19-20)36-25-8-5-4-7-23(25)30-14-16-31(17-15-30)27(34)35-18-6-12-29-26(33)11-13-28-22(3)32/h4-5,7-10,19H,6,11-18H2,1-3H3,(H,28,32)(H,29,33). The Morgan fingerprint density at radius 3 is 2.42 bits per heavy atom. The average Bonchev–Trinajstić information content (AvgIpc) is 2.85. The van der Waals surface area contributed by atoms with Gasteiger partial charge in [0.25, 0.3) is 0 Å². The molecule has 0 spiro atoms. The van der Waals surface area contributed by atoms with Crippen LogP contribution in [0.2, 0.25) is 0 Å². The third kappa shape index (κ3) is 8.48. The van der Waals surface area contributed by atoms with Crippen molar-refractivity contribution in [3.63, 3.8) is 0 Å². The summed E-state index contributed by atoms with van der Waals surface area (Å²) in [5.74, 6) is -0.293. The Morgan fingerprint density at radius 2 is 1.69 bits per heavy atom. The van der Waals surface area contributed by atoms with Crippen LogP contribution < -0.4 is 15.5 Å². The summed E-state index contributed by atoms with van der Waals surface area (Å²) in [6.45, 7) is 9.33. The van der Waals surface area contributed by atoms with Gasteiger partial charge in [-0.3, -0.25) is 9.59 Å². The Hall–Kier alpha value is -3.20. The van der Waals surface area contributed by atoms with E-state index in [1.54, 1.807) is 16.7 Å². The van der Waals surface area contributed by atoms with Crippen LogP contribution in [0.15, 0.2) is 52.3 Å². The van der Waals surface area contributed by atoms with Gasteiger partial charge in [-0.1, -0.05) is 41.6 Å². The molecule has 0 saturated carbocycles. The first-order valence-electron chi connectivity index (χ1n) is 12.4. The number of para-hydroxylation sites is 1. The van der Waals surface area contributed by atoms with E-state index in [0.29, 0.717) is 32.6 Å². The maximum absolute atomic E-state index is 12.5. The number of hydrogen-bond donors (Lipinski definition) is 2. The number of amides is 3. The molecule has 0 aromatic heterocycles. The number of hydrogen-bond acceptors (Lipinski definition) is 6. The predicted molar refractivity (Wildman–Crippen MR) is 143 cm³/mol. The first kappa shape index (κ1) is 27.4. The van der Waals surface area contributed by atoms with Gasteiger partial charge in [0.05, 0.1) is 12.3 Å². The second-order valence-electron chi connectivity index (χ2n) is 8.86. The molecule has 1 aliphatic rings. The zero-order valence-electron chi connectivity index (χ0n) is 21.3. The molecule has 9 heteroatoms. The SMILES string of the molecule is CC(=O)NCCC(=O)NCCCOC(=O)N1CCN(c2ccccc2Sc2ccc(C)cc2C)CC1. The molecular weight excluding hydrogens is 476 g/mol. The van der Waals surface area contributed by atoms with Crippen molar-refractivity contribution in [2.24, 2.45) is 0 Å². The molecule has 1 aliphatic heterocycles. The summed E-state index contributed by atoms with van der Waals surface area (Å²) in [7, 11) is 0. The van der Waals surface area contributed by atoms with Crippen molar-refractivity contribution >= 4 is 35.4 Å². The van der Waals surface area contributed by atoms with Crippen molar-refractivity contribution in [3.05, 3.63) is 53.6 Å². The van der Waals surface area contributed by atoms with Gasteiger partial charge < -0.3 is 25.2 Å². The van der Waals surface area contributed by atoms with Crippen LogP contribution in [0.25, 0.3) is 0 Å². The van der Waals surface area contributed by atoms with Crippen molar-refractivity contribution in [3.8, 4) is 0 Å². The fourth-order valence-electron chi connectivity index (χ4n) is 3.96. The highest BCUT2D eigenvalue weighted by Gasteiger charge is 2.23. The molecule has 0 bridgehead atoms. The van der Waals surface area contributed by atoms with Gasteiger partial charge in [0.1, 0.15) is 0 Å². The molecule has 1 heterocycles. The highest BCUT2D eigenvalue weighted by Crippen LogP contribution is 2.37. The van der Waals surface area contributed by atoms with Crippen LogP contribution in [0.3, 0.4) is 0 Å². The van der Waals surface area contributed by atoms with Crippen LogP contribution in [0.5, 0.6) is 0 Å². The molecule has 0 aliphatic carbocycles. The number of anilines is 1. The Labute approximate surface area is 217 Å². The van der Waals surface area contributed by atoms with Crippen LogP contribution in [0.1, 0.15) is 30.9 Å². The number of nitrogens with one attached hydrogen (secondary N) is 2. The van der Waals surface area contributed by atoms with Crippen molar-refractivity contribution in [1.82, 2.24) is 15.5 Å². The fourth-order valence-corrected chi connectivity index (χ4v) is 5.00. The van der Waals surface area contributed by atoms with E-state index in [-0.39, 0.29) is 30.9 Å². The molecule has 1 saturated heterocycles. The summed E-state index contributed by atoms with van der Waals surface area (Å²) in [4.78, 5) is 41.5. The van der Waals surface area contributed by atoms with E-state index in [2.05, 4.69) is 71.8 Å². The van der Waals surface area contributed by atoms with Crippen LogP contribution in [-0.4, -0.2) is 68.7 Å². The molecule has 0 atom stereocenters. The molecule has 0 radical (unpaired) electrons. The number of carbonyl (C=O) groups is 3. The fraction of sp³-hybridized carbons (Fsp3) is 0.444. The van der Waals surface area contributed by atoms with Crippen LogP contribution in [0, 0.1) is 13.8 Å². The molecule has 36 heavy (non-hydrogen) atoms. The zero-order valence-corrected chi connectivity index (χ0v) is 22.2. The van der Waals surface area contributed by atoms with E-state index in [0.717, 1.165) is 13.1 Å². The Balaban J connectivity index is 1.40. The van der Waals surface area contributed by atoms with Crippen LogP contribution in [0.4, 0.5) is 10.5 Å². The molecule has 194 valence electrons. The highest BCUT2D eigenvalue weighted by atomic mass is 32.2. The second kappa shape index (κ2) is 13.8. The minimum atomic E-state index is -0.315. The Morgan fingerprint density at radius 1 is 0.944 bits per heavy atom. The van der Waals surface area contributed by atoms with E-state index in [1.165, 1.54) is 33.5 Å². The largest absolute Gasteiger partial charge is 0.449 e. The summed E-state index contributed by atoms with van der Waals surface area (Å²) >= 11 is 1.78. The maximum atomic E-state index is 12.5. The van der Waals surface area contributed by atoms with Gasteiger partial charge in [0, 0.05) is 62.4 Å². The number of ether oxygens (including phenoxy) is 1. The van der Waals surface area contributed by atoms with E-state index >= 15 is 0 Å². The van der Waals surface area contributed by atoms with E-state index < -0.39 is 0 Å². The predicted octanol–water partition coefficient (Wildman–Crippen LogP) is 3.75. The topological polar surface area (TPSA) is 91.0 Å². The first-order valence-corrected chi connectivity index (χ1v) is 13.2. The van der Waals surface area contributed by atoms with Gasteiger partial charge in [0.15, 0.2) is 0 Å². The lowest BCUT2D eigenvalue weighted by Gasteiger charge is -2.36. The quantitative estimate of drug-likeness (QED) is 0.471. The number of piperazine rings is 1. The molecule has 0 unspecified atom stereocenters. The molecular formula is C27H36N4O4S. The van der Waals surface area contributed by atoms with Crippen molar-refractivity contribution in [2.45, 2.75) is 43.4 Å². The minimum Gasteiger partial charge on any atom is -0.449 e. The molecule has 3 amide bonds. The maximum Gasteiger partial charge on any atom is 0.409 e. The monoisotopic (exact) mass is 512 g/mol. The van der Waals surface area contributed by atoms with Crippen LogP contribution >= 0.6 is 11.8 Å². The summed E-state index contributed by atoms with van der Waals surface area (Å²) in [6.07, 6.45) is 0.459. The lowest BCUT2D eigenvalue weighted by molar-refractivity contribution is -0.121. The lowest BCUT2D eigenvalue weighted by atomic mass is 10.2. The van der Waals surface area contributed by atoms with Crippen molar-refractivity contribution in [1.29, 1.82) is 0 Å². The summed E-state index contributed by atoms with van der Waals surface area (Å²) in [6, 6.07) is 14.9. The molecule has 3 rings (SSSR count). The van der Waals surface area contributed by atoms with Gasteiger partial charge >= 0.3 is 6.09 Å². The number of aryl methyl sites for hydroxylation is 2. The molecule has 2 aromatic carbocycles. The molecule has 2 aromatic rings. The van der Waals surface area contributed by atoms with Crippen molar-refractivity contribution in [2.75, 3.05) is 50.8 Å². The Bertz CT molecular complexity index is 1050. The van der Waals surface area contributed by atoms with E-state index in [1.807, 2.05) is 0 Å². The number of benzene rings is 2. The van der Waals surface area contributed by atoms with Gasteiger partial charge in [-0.25, -0.2) is 4.79 Å². The van der Waals surface area contributed by atoms with Gasteiger partial charge in [-0.05, 0) is 44.0 Å².